The van der Waals surface area contributed by atoms with Gasteiger partial charge in [-0.25, -0.2) is 4.39 Å². The summed E-state index contributed by atoms with van der Waals surface area (Å²) in [6.45, 7) is 0. The first-order valence-corrected chi connectivity index (χ1v) is 5.56. The summed E-state index contributed by atoms with van der Waals surface area (Å²) in [6.07, 6.45) is 2.90. The van der Waals surface area contributed by atoms with E-state index in [0.29, 0.717) is 12.0 Å². The molecule has 0 aliphatic rings. The van der Waals surface area contributed by atoms with E-state index in [9.17, 15) is 9.50 Å². The van der Waals surface area contributed by atoms with Gasteiger partial charge in [0.2, 0.25) is 0 Å². The first-order chi connectivity index (χ1) is 8.16. The Morgan fingerprint density at radius 1 is 1.24 bits per heavy atom. The predicted molar refractivity (Wildman–Crippen MR) is 64.3 cm³/mol. The summed E-state index contributed by atoms with van der Waals surface area (Å²) < 4.78 is 13.2. The zero-order chi connectivity index (χ0) is 12.3. The van der Waals surface area contributed by atoms with Crippen LogP contribution < -0.4 is 0 Å². The molecule has 0 radical (unpaired) electrons. The Labute approximate surface area is 104 Å². The molecule has 1 unspecified atom stereocenters. The zero-order valence-corrected chi connectivity index (χ0v) is 9.73. The monoisotopic (exact) mass is 251 g/mol. The molecule has 17 heavy (non-hydrogen) atoms. The Morgan fingerprint density at radius 2 is 1.94 bits per heavy atom. The van der Waals surface area contributed by atoms with E-state index in [0.717, 1.165) is 5.56 Å². The van der Waals surface area contributed by atoms with Crippen LogP contribution >= 0.6 is 11.6 Å². The number of nitrogens with zero attached hydrogens (tertiary/aromatic N) is 1. The van der Waals surface area contributed by atoms with Crippen molar-refractivity contribution >= 4 is 11.6 Å². The van der Waals surface area contributed by atoms with Crippen molar-refractivity contribution in [2.75, 3.05) is 0 Å². The molecule has 88 valence electrons. The number of hydrogen-bond acceptors (Lipinski definition) is 2. The Bertz CT molecular complexity index is 504. The van der Waals surface area contributed by atoms with Crippen LogP contribution in [-0.4, -0.2) is 10.1 Å². The number of pyridine rings is 1. The second-order valence-electron chi connectivity index (χ2n) is 3.75. The van der Waals surface area contributed by atoms with E-state index in [-0.39, 0.29) is 5.02 Å². The highest BCUT2D eigenvalue weighted by atomic mass is 35.5. The maximum absolute atomic E-state index is 13.2. The third-order valence-corrected chi connectivity index (χ3v) is 2.81. The van der Waals surface area contributed by atoms with E-state index in [2.05, 4.69) is 4.98 Å². The van der Waals surface area contributed by atoms with Crippen LogP contribution in [0.1, 0.15) is 17.2 Å². The minimum Gasteiger partial charge on any atom is -0.388 e. The molecule has 1 heterocycles. The molecule has 4 heteroatoms. The van der Waals surface area contributed by atoms with E-state index < -0.39 is 11.9 Å². The van der Waals surface area contributed by atoms with Crippen LogP contribution in [0.3, 0.4) is 0 Å². The maximum atomic E-state index is 13.2. The first-order valence-electron chi connectivity index (χ1n) is 5.19. The smallest absolute Gasteiger partial charge is 0.142 e. The van der Waals surface area contributed by atoms with Gasteiger partial charge in [0.05, 0.1) is 11.1 Å². The summed E-state index contributed by atoms with van der Waals surface area (Å²) in [5.41, 5.74) is 1.46. The lowest BCUT2D eigenvalue weighted by molar-refractivity contribution is 0.178. The third kappa shape index (κ3) is 3.02. The zero-order valence-electron chi connectivity index (χ0n) is 8.98. The summed E-state index contributed by atoms with van der Waals surface area (Å²) in [5, 5.41) is 10.0. The van der Waals surface area contributed by atoms with Crippen molar-refractivity contribution in [1.29, 1.82) is 0 Å². The quantitative estimate of drug-likeness (QED) is 0.909. The molecule has 0 saturated carbocycles. The fourth-order valence-electron chi connectivity index (χ4n) is 1.59. The van der Waals surface area contributed by atoms with Gasteiger partial charge in [0.1, 0.15) is 5.82 Å². The lowest BCUT2D eigenvalue weighted by atomic mass is 10.0. The number of rotatable bonds is 3. The van der Waals surface area contributed by atoms with Crippen molar-refractivity contribution in [2.24, 2.45) is 0 Å². The van der Waals surface area contributed by atoms with Crippen molar-refractivity contribution < 1.29 is 9.50 Å². The highest BCUT2D eigenvalue weighted by molar-refractivity contribution is 6.30. The average molecular weight is 252 g/mol. The Balaban J connectivity index is 2.13. The van der Waals surface area contributed by atoms with Gasteiger partial charge in [-0.3, -0.25) is 4.98 Å². The number of halogens is 2. The number of aliphatic hydroxyl groups is 1. The minimum atomic E-state index is -0.668. The van der Waals surface area contributed by atoms with Gasteiger partial charge in [0.25, 0.3) is 0 Å². The van der Waals surface area contributed by atoms with Crippen molar-refractivity contribution in [3.8, 4) is 0 Å². The fraction of sp³-hybridized carbons (Fsp3) is 0.154. The van der Waals surface area contributed by atoms with E-state index in [4.69, 9.17) is 11.6 Å². The number of aliphatic hydroxyl groups excluding tert-OH is 1. The minimum absolute atomic E-state index is 0.0900. The van der Waals surface area contributed by atoms with E-state index in [1.165, 1.54) is 12.1 Å². The summed E-state index contributed by atoms with van der Waals surface area (Å²) >= 11 is 5.59. The second kappa shape index (κ2) is 5.25. The molecule has 2 rings (SSSR count). The molecule has 1 aromatic heterocycles. The molecule has 0 saturated heterocycles. The van der Waals surface area contributed by atoms with Crippen LogP contribution in [0.15, 0.2) is 42.7 Å². The van der Waals surface area contributed by atoms with Gasteiger partial charge >= 0.3 is 0 Å². The highest BCUT2D eigenvalue weighted by Crippen LogP contribution is 2.21. The van der Waals surface area contributed by atoms with Gasteiger partial charge in [-0.15, -0.1) is 0 Å². The van der Waals surface area contributed by atoms with Crippen LogP contribution in [0.25, 0.3) is 0 Å². The second-order valence-corrected chi connectivity index (χ2v) is 4.16. The summed E-state index contributed by atoms with van der Waals surface area (Å²) in [5.74, 6) is -0.467. The molecule has 2 aromatic rings. The Morgan fingerprint density at radius 3 is 2.59 bits per heavy atom. The lowest BCUT2D eigenvalue weighted by Gasteiger charge is -2.10. The standard InChI is InChI=1S/C13H11ClFNO/c14-11-2-1-9(7-12(11)15)8-13(17)10-3-5-16-6-4-10/h1-7,13,17H,8H2. The van der Waals surface area contributed by atoms with Crippen LogP contribution in [0.4, 0.5) is 4.39 Å². The molecule has 0 aliphatic carbocycles. The summed E-state index contributed by atoms with van der Waals surface area (Å²) in [4.78, 5) is 3.87. The Hall–Kier alpha value is -1.45. The maximum Gasteiger partial charge on any atom is 0.142 e. The van der Waals surface area contributed by atoms with E-state index in [1.54, 1.807) is 30.6 Å². The number of benzene rings is 1. The molecular weight excluding hydrogens is 241 g/mol. The summed E-state index contributed by atoms with van der Waals surface area (Å²) in [7, 11) is 0. The molecule has 1 N–H and O–H groups in total. The van der Waals surface area contributed by atoms with Crippen LogP contribution in [0.2, 0.25) is 5.02 Å². The normalized spacial score (nSPS) is 12.4. The van der Waals surface area contributed by atoms with Crippen molar-refractivity contribution in [3.05, 3.63) is 64.7 Å². The van der Waals surface area contributed by atoms with Gasteiger partial charge in [-0.1, -0.05) is 17.7 Å². The first kappa shape index (κ1) is 12.0. The summed E-state index contributed by atoms with van der Waals surface area (Å²) in [6, 6.07) is 8.00. The number of aromatic nitrogens is 1. The van der Waals surface area contributed by atoms with Crippen molar-refractivity contribution in [2.45, 2.75) is 12.5 Å². The Kier molecular flexibility index (Phi) is 3.71. The van der Waals surface area contributed by atoms with Crippen molar-refractivity contribution in [1.82, 2.24) is 4.98 Å². The van der Waals surface area contributed by atoms with Gasteiger partial charge in [0.15, 0.2) is 0 Å². The predicted octanol–water partition coefficient (Wildman–Crippen LogP) is 3.15. The van der Waals surface area contributed by atoms with Crippen LogP contribution in [0, 0.1) is 5.82 Å². The highest BCUT2D eigenvalue weighted by Gasteiger charge is 2.09. The molecule has 1 aromatic carbocycles. The molecular formula is C13H11ClFNO. The largest absolute Gasteiger partial charge is 0.388 e. The van der Waals surface area contributed by atoms with Crippen LogP contribution in [0.5, 0.6) is 0 Å². The average Bonchev–Trinajstić information content (AvgIpc) is 2.35. The molecule has 0 bridgehead atoms. The fourth-order valence-corrected chi connectivity index (χ4v) is 1.71. The molecule has 0 fully saturated rings. The molecule has 1 atom stereocenters. The number of hydrogen-bond donors (Lipinski definition) is 1. The molecule has 0 aliphatic heterocycles. The molecule has 2 nitrogen and oxygen atoms in total. The van der Waals surface area contributed by atoms with Crippen LogP contribution in [-0.2, 0) is 6.42 Å². The molecule has 0 amide bonds. The lowest BCUT2D eigenvalue weighted by Crippen LogP contribution is -2.02. The van der Waals surface area contributed by atoms with E-state index in [1.807, 2.05) is 0 Å². The van der Waals surface area contributed by atoms with Crippen molar-refractivity contribution in [3.63, 3.8) is 0 Å². The third-order valence-electron chi connectivity index (χ3n) is 2.50. The topological polar surface area (TPSA) is 33.1 Å². The van der Waals surface area contributed by atoms with Gasteiger partial charge < -0.3 is 5.11 Å². The van der Waals surface area contributed by atoms with E-state index >= 15 is 0 Å². The van der Waals surface area contributed by atoms with Gasteiger partial charge in [-0.05, 0) is 35.4 Å². The molecule has 0 spiro atoms. The van der Waals surface area contributed by atoms with Gasteiger partial charge in [-0.2, -0.15) is 0 Å². The SMILES string of the molecule is OC(Cc1ccc(Cl)c(F)c1)c1ccncc1. The van der Waals surface area contributed by atoms with Gasteiger partial charge in [0, 0.05) is 18.8 Å².